The van der Waals surface area contributed by atoms with Gasteiger partial charge in [-0.2, -0.15) is 0 Å². The predicted octanol–water partition coefficient (Wildman–Crippen LogP) is 5.52. The van der Waals surface area contributed by atoms with E-state index < -0.39 is 6.09 Å². The summed E-state index contributed by atoms with van der Waals surface area (Å²) in [5.74, 6) is 5.76. The van der Waals surface area contributed by atoms with Crippen molar-refractivity contribution in [1.29, 1.82) is 0 Å². The summed E-state index contributed by atoms with van der Waals surface area (Å²) in [6, 6.07) is 23.4. The van der Waals surface area contributed by atoms with Crippen LogP contribution in [-0.4, -0.2) is 19.2 Å². The Morgan fingerprint density at radius 3 is 2.33 bits per heavy atom. The number of rotatable bonds is 4. The quantitative estimate of drug-likeness (QED) is 0.273. The average molecular weight is 394 g/mol. The van der Waals surface area contributed by atoms with Gasteiger partial charge in [0, 0.05) is 16.4 Å². The first-order valence-electron chi connectivity index (χ1n) is 9.50. The minimum atomic E-state index is -0.519. The van der Waals surface area contributed by atoms with E-state index in [-0.39, 0.29) is 19.1 Å². The van der Waals surface area contributed by atoms with Gasteiger partial charge in [-0.1, -0.05) is 83.7 Å². The van der Waals surface area contributed by atoms with Crippen LogP contribution in [0.25, 0.3) is 21.6 Å². The maximum atomic E-state index is 12.1. The molecule has 1 amide bonds. The normalized spacial score (nSPS) is 11.3. The fourth-order valence-corrected chi connectivity index (χ4v) is 3.62. The van der Waals surface area contributed by atoms with Gasteiger partial charge in [-0.3, -0.25) is 0 Å². The average Bonchev–Trinajstić information content (AvgIpc) is 3.10. The van der Waals surface area contributed by atoms with Crippen LogP contribution in [0.2, 0.25) is 0 Å². The molecule has 0 saturated carbocycles. The Hall–Kier alpha value is -4.20. The number of alkyl carbamates (subject to hydrolysis) is 1. The molecule has 0 saturated heterocycles. The van der Waals surface area contributed by atoms with E-state index in [2.05, 4.69) is 51.4 Å². The Morgan fingerprint density at radius 1 is 1.00 bits per heavy atom. The van der Waals surface area contributed by atoms with Crippen LogP contribution < -0.4 is 5.32 Å². The van der Waals surface area contributed by atoms with Gasteiger partial charge < -0.3 is 10.1 Å². The Kier molecular flexibility index (Phi) is 5.66. The maximum absolute atomic E-state index is 12.1. The van der Waals surface area contributed by atoms with Crippen molar-refractivity contribution >= 4 is 11.8 Å². The van der Waals surface area contributed by atoms with E-state index in [1.165, 1.54) is 22.3 Å². The summed E-state index contributed by atoms with van der Waals surface area (Å²) in [6.45, 7) is 0.383. The van der Waals surface area contributed by atoms with E-state index >= 15 is 0 Å². The van der Waals surface area contributed by atoms with Crippen LogP contribution in [0.4, 0.5) is 10.5 Å². The molecule has 6 heteroatoms. The lowest BCUT2D eigenvalue weighted by atomic mass is 9.98. The number of fused-ring (bicyclic) bond motifs is 3. The summed E-state index contributed by atoms with van der Waals surface area (Å²) in [7, 11) is 0. The van der Waals surface area contributed by atoms with Crippen molar-refractivity contribution in [3.63, 3.8) is 0 Å². The predicted molar refractivity (Wildman–Crippen MR) is 115 cm³/mol. The molecule has 3 aromatic rings. The highest BCUT2D eigenvalue weighted by Gasteiger charge is 2.28. The molecule has 0 fully saturated rings. The third-order valence-corrected chi connectivity index (χ3v) is 4.94. The van der Waals surface area contributed by atoms with Crippen LogP contribution in [0.3, 0.4) is 0 Å². The van der Waals surface area contributed by atoms with E-state index in [1.54, 1.807) is 24.3 Å². The van der Waals surface area contributed by atoms with Gasteiger partial charge in [0.25, 0.3) is 0 Å². The number of nitrogens with one attached hydrogen (secondary N) is 1. The first kappa shape index (κ1) is 19.1. The first-order chi connectivity index (χ1) is 14.8. The van der Waals surface area contributed by atoms with Crippen LogP contribution in [0.15, 0.2) is 77.9 Å². The summed E-state index contributed by atoms with van der Waals surface area (Å²) < 4.78 is 5.47. The molecule has 4 rings (SSSR count). The van der Waals surface area contributed by atoms with Crippen LogP contribution in [0.5, 0.6) is 0 Å². The number of carbonyl (C=O) groups is 1. The van der Waals surface area contributed by atoms with E-state index in [4.69, 9.17) is 10.3 Å². The second-order valence-corrected chi connectivity index (χ2v) is 6.69. The van der Waals surface area contributed by atoms with E-state index in [0.29, 0.717) is 11.3 Å². The number of amides is 1. The molecule has 1 aliphatic rings. The highest BCUT2D eigenvalue weighted by molar-refractivity contribution is 5.79. The third kappa shape index (κ3) is 3.97. The van der Waals surface area contributed by atoms with Gasteiger partial charge in [0.1, 0.15) is 6.61 Å². The van der Waals surface area contributed by atoms with Crippen molar-refractivity contribution in [2.45, 2.75) is 5.92 Å². The van der Waals surface area contributed by atoms with Crippen molar-refractivity contribution in [3.05, 3.63) is 99.9 Å². The maximum Gasteiger partial charge on any atom is 0.407 e. The molecule has 0 aliphatic heterocycles. The summed E-state index contributed by atoms with van der Waals surface area (Å²) in [5, 5.41) is 6.23. The number of hydrogen-bond donors (Lipinski definition) is 1. The Bertz CT molecular complexity index is 1160. The number of benzene rings is 3. The molecular formula is C24H18N4O2. The molecule has 0 unspecified atom stereocenters. The standard InChI is InChI=1S/C24H18N4O2/c25-28-27-23-14-6-1-8-17(23)9-7-15-26-24(29)30-16-22-20-12-4-2-10-18(20)19-11-3-5-13-21(19)22/h1-6,8,10-14,22H,15-16H2,(H,26,29). The molecule has 146 valence electrons. The highest BCUT2D eigenvalue weighted by atomic mass is 16.5. The molecule has 1 aliphatic carbocycles. The number of nitrogens with zero attached hydrogens (tertiary/aromatic N) is 3. The molecular weight excluding hydrogens is 376 g/mol. The molecule has 0 aromatic heterocycles. The number of ether oxygens (including phenoxy) is 1. The Labute approximate surface area is 174 Å². The summed E-state index contributed by atoms with van der Waals surface area (Å²) in [5.41, 5.74) is 14.4. The lowest BCUT2D eigenvalue weighted by molar-refractivity contribution is 0.144. The number of hydrogen-bond acceptors (Lipinski definition) is 3. The Balaban J connectivity index is 1.36. The highest BCUT2D eigenvalue weighted by Crippen LogP contribution is 2.44. The summed E-state index contributed by atoms with van der Waals surface area (Å²) in [4.78, 5) is 14.9. The van der Waals surface area contributed by atoms with Gasteiger partial charge in [-0.25, -0.2) is 4.79 Å². The fourth-order valence-electron chi connectivity index (χ4n) is 3.62. The molecule has 0 spiro atoms. The van der Waals surface area contributed by atoms with E-state index in [0.717, 1.165) is 0 Å². The van der Waals surface area contributed by atoms with Crippen molar-refractivity contribution in [1.82, 2.24) is 5.32 Å². The number of carbonyl (C=O) groups excluding carboxylic acids is 1. The molecule has 3 aromatic carbocycles. The van der Waals surface area contributed by atoms with Gasteiger partial charge in [-0.15, -0.1) is 0 Å². The zero-order chi connectivity index (χ0) is 20.8. The van der Waals surface area contributed by atoms with Gasteiger partial charge in [0.05, 0.1) is 12.2 Å². The molecule has 30 heavy (non-hydrogen) atoms. The second kappa shape index (κ2) is 8.87. The minimum Gasteiger partial charge on any atom is -0.449 e. The van der Waals surface area contributed by atoms with Crippen molar-refractivity contribution in [2.75, 3.05) is 13.2 Å². The first-order valence-corrected chi connectivity index (χ1v) is 9.50. The van der Waals surface area contributed by atoms with Crippen molar-refractivity contribution in [2.24, 2.45) is 5.11 Å². The molecule has 6 nitrogen and oxygen atoms in total. The lowest BCUT2D eigenvalue weighted by Crippen LogP contribution is -2.26. The second-order valence-electron chi connectivity index (χ2n) is 6.69. The van der Waals surface area contributed by atoms with Crippen molar-refractivity contribution in [3.8, 4) is 23.0 Å². The fraction of sp³-hybridized carbons (Fsp3) is 0.125. The van der Waals surface area contributed by atoms with Gasteiger partial charge in [0.2, 0.25) is 0 Å². The van der Waals surface area contributed by atoms with E-state index in [9.17, 15) is 4.79 Å². The van der Waals surface area contributed by atoms with Crippen molar-refractivity contribution < 1.29 is 9.53 Å². The number of azide groups is 1. The monoisotopic (exact) mass is 394 g/mol. The molecule has 0 radical (unpaired) electrons. The van der Waals surface area contributed by atoms with Gasteiger partial charge in [-0.05, 0) is 33.9 Å². The molecule has 0 heterocycles. The third-order valence-electron chi connectivity index (χ3n) is 4.94. The smallest absolute Gasteiger partial charge is 0.407 e. The van der Waals surface area contributed by atoms with E-state index in [1.807, 2.05) is 24.3 Å². The topological polar surface area (TPSA) is 87.1 Å². The van der Waals surface area contributed by atoms with Crippen LogP contribution >= 0.6 is 0 Å². The molecule has 1 N–H and O–H groups in total. The Morgan fingerprint density at radius 2 is 1.63 bits per heavy atom. The zero-order valence-electron chi connectivity index (χ0n) is 16.1. The minimum absolute atomic E-state index is 0.0185. The molecule has 0 bridgehead atoms. The van der Waals surface area contributed by atoms with Crippen LogP contribution in [0, 0.1) is 11.8 Å². The largest absolute Gasteiger partial charge is 0.449 e. The summed E-state index contributed by atoms with van der Waals surface area (Å²) in [6.07, 6.45) is -0.519. The zero-order valence-corrected chi connectivity index (χ0v) is 16.1. The van der Waals surface area contributed by atoms with Gasteiger partial charge in [0.15, 0.2) is 0 Å². The lowest BCUT2D eigenvalue weighted by Gasteiger charge is -2.14. The SMILES string of the molecule is [N-]=[N+]=Nc1ccccc1C#CCNC(=O)OCC1c2ccccc2-c2ccccc21. The van der Waals surface area contributed by atoms with Crippen LogP contribution in [0.1, 0.15) is 22.6 Å². The van der Waals surface area contributed by atoms with Gasteiger partial charge >= 0.3 is 6.09 Å². The van der Waals surface area contributed by atoms with Crippen LogP contribution in [-0.2, 0) is 4.74 Å². The summed E-state index contributed by atoms with van der Waals surface area (Å²) >= 11 is 0. The molecule has 0 atom stereocenters.